The highest BCUT2D eigenvalue weighted by Gasteiger charge is 2.35. The van der Waals surface area contributed by atoms with Gasteiger partial charge in [-0.25, -0.2) is 9.18 Å². The van der Waals surface area contributed by atoms with Gasteiger partial charge in [0.1, 0.15) is 5.82 Å². The van der Waals surface area contributed by atoms with E-state index in [0.29, 0.717) is 24.6 Å². The zero-order valence-corrected chi connectivity index (χ0v) is 15.0. The minimum atomic E-state index is -0.243. The summed E-state index contributed by atoms with van der Waals surface area (Å²) in [5, 5.41) is 2.97. The van der Waals surface area contributed by atoms with E-state index in [1.165, 1.54) is 6.07 Å². The number of benzene rings is 1. The molecule has 3 rings (SSSR count). The molecule has 3 atom stereocenters. The lowest BCUT2D eigenvalue weighted by molar-refractivity contribution is 0.0308. The second kappa shape index (κ2) is 7.70. The maximum Gasteiger partial charge on any atom is 0.317 e. The van der Waals surface area contributed by atoms with Crippen molar-refractivity contribution in [3.05, 3.63) is 35.1 Å². The summed E-state index contributed by atoms with van der Waals surface area (Å²) in [6.45, 7) is 5.76. The Morgan fingerprint density at radius 1 is 1.36 bits per heavy atom. The van der Waals surface area contributed by atoms with Crippen LogP contribution in [0, 0.1) is 18.7 Å². The van der Waals surface area contributed by atoms with E-state index in [-0.39, 0.29) is 30.0 Å². The lowest BCUT2D eigenvalue weighted by atomic mass is 9.88. The molecule has 5 nitrogen and oxygen atoms in total. The van der Waals surface area contributed by atoms with E-state index in [4.69, 9.17) is 10.5 Å². The summed E-state index contributed by atoms with van der Waals surface area (Å²) < 4.78 is 19.5. The third-order valence-corrected chi connectivity index (χ3v) is 5.51. The summed E-state index contributed by atoms with van der Waals surface area (Å²) >= 11 is 0. The molecule has 2 saturated heterocycles. The molecule has 2 amide bonds. The topological polar surface area (TPSA) is 67.6 Å². The molecule has 1 aromatic rings. The quantitative estimate of drug-likeness (QED) is 0.882. The van der Waals surface area contributed by atoms with Crippen LogP contribution in [0.4, 0.5) is 9.18 Å². The van der Waals surface area contributed by atoms with Crippen molar-refractivity contribution in [2.75, 3.05) is 19.7 Å². The Morgan fingerprint density at radius 3 is 2.68 bits per heavy atom. The maximum atomic E-state index is 13.7. The second-order valence-electron chi connectivity index (χ2n) is 7.29. The standard InChI is InChI=1S/C19H28FN3O2/c1-12-3-4-15(11-16(12)20)13(2)22-19(24)23-8-5-14(6-9-23)18-17(21)7-10-25-18/h3-4,11,13-14,17-18H,5-10,21H2,1-2H3,(H,22,24)/t13-,17-,18+/m1/s1. The SMILES string of the molecule is Cc1ccc([C@@H](C)NC(=O)N2CCC([C@@H]3OCC[C@H]3N)CC2)cc1F. The molecule has 2 heterocycles. The van der Waals surface area contributed by atoms with Crippen LogP contribution in [0.1, 0.15) is 43.4 Å². The van der Waals surface area contributed by atoms with Gasteiger partial charge in [-0.1, -0.05) is 12.1 Å². The van der Waals surface area contributed by atoms with E-state index >= 15 is 0 Å². The summed E-state index contributed by atoms with van der Waals surface area (Å²) in [7, 11) is 0. The van der Waals surface area contributed by atoms with Gasteiger partial charge in [0.05, 0.1) is 12.1 Å². The van der Waals surface area contributed by atoms with Gasteiger partial charge in [-0.3, -0.25) is 0 Å². The van der Waals surface area contributed by atoms with Gasteiger partial charge in [-0.15, -0.1) is 0 Å². The number of ether oxygens (including phenoxy) is 1. The number of nitrogens with two attached hydrogens (primary N) is 1. The van der Waals surface area contributed by atoms with Gasteiger partial charge >= 0.3 is 6.03 Å². The van der Waals surface area contributed by atoms with Crippen LogP contribution >= 0.6 is 0 Å². The molecule has 0 unspecified atom stereocenters. The molecule has 0 aromatic heterocycles. The summed E-state index contributed by atoms with van der Waals surface area (Å²) in [6, 6.07) is 4.89. The zero-order chi connectivity index (χ0) is 18.0. The van der Waals surface area contributed by atoms with E-state index in [1.54, 1.807) is 13.0 Å². The van der Waals surface area contributed by atoms with Gasteiger partial charge in [0.2, 0.25) is 0 Å². The van der Waals surface area contributed by atoms with Crippen LogP contribution < -0.4 is 11.1 Å². The summed E-state index contributed by atoms with van der Waals surface area (Å²) in [6.07, 6.45) is 2.90. The van der Waals surface area contributed by atoms with E-state index in [1.807, 2.05) is 17.9 Å². The predicted octanol–water partition coefficient (Wildman–Crippen LogP) is 2.73. The number of aryl methyl sites for hydroxylation is 1. The van der Waals surface area contributed by atoms with Gasteiger partial charge in [-0.2, -0.15) is 0 Å². The van der Waals surface area contributed by atoms with E-state index in [9.17, 15) is 9.18 Å². The predicted molar refractivity (Wildman–Crippen MR) is 94.7 cm³/mol. The average Bonchev–Trinajstić information content (AvgIpc) is 3.03. The minimum Gasteiger partial charge on any atom is -0.376 e. The molecule has 2 aliphatic rings. The molecule has 0 saturated carbocycles. The molecule has 2 aliphatic heterocycles. The maximum absolute atomic E-state index is 13.7. The van der Waals surface area contributed by atoms with Gasteiger partial charge in [-0.05, 0) is 56.2 Å². The monoisotopic (exact) mass is 349 g/mol. The molecule has 0 spiro atoms. The smallest absolute Gasteiger partial charge is 0.317 e. The molecule has 0 bridgehead atoms. The van der Waals surface area contributed by atoms with Crippen molar-refractivity contribution in [1.29, 1.82) is 0 Å². The molecule has 2 fully saturated rings. The third-order valence-electron chi connectivity index (χ3n) is 5.51. The second-order valence-corrected chi connectivity index (χ2v) is 7.29. The lowest BCUT2D eigenvalue weighted by Crippen LogP contribution is -2.48. The Kier molecular flexibility index (Phi) is 5.59. The molecule has 138 valence electrons. The number of halogens is 1. The van der Waals surface area contributed by atoms with Gasteiger partial charge in [0.25, 0.3) is 0 Å². The van der Waals surface area contributed by atoms with Crippen LogP contribution in [-0.4, -0.2) is 42.8 Å². The number of rotatable bonds is 3. The minimum absolute atomic E-state index is 0.0939. The van der Waals surface area contributed by atoms with E-state index in [0.717, 1.165) is 31.4 Å². The van der Waals surface area contributed by atoms with Crippen LogP contribution in [-0.2, 0) is 4.74 Å². The van der Waals surface area contributed by atoms with Crippen molar-refractivity contribution in [2.45, 2.75) is 51.3 Å². The number of nitrogens with one attached hydrogen (secondary N) is 1. The summed E-state index contributed by atoms with van der Waals surface area (Å²) in [5.74, 6) is 0.192. The highest BCUT2D eigenvalue weighted by molar-refractivity contribution is 5.74. The number of carbonyl (C=O) groups excluding carboxylic acids is 1. The first-order chi connectivity index (χ1) is 12.0. The molecular weight excluding hydrogens is 321 g/mol. The number of hydrogen-bond acceptors (Lipinski definition) is 3. The Hall–Kier alpha value is -1.66. The van der Waals surface area contributed by atoms with Crippen molar-refractivity contribution in [2.24, 2.45) is 11.7 Å². The number of nitrogens with zero attached hydrogens (tertiary/aromatic N) is 1. The Bertz CT molecular complexity index is 617. The number of hydrogen-bond donors (Lipinski definition) is 2. The molecule has 0 radical (unpaired) electrons. The van der Waals surface area contributed by atoms with Crippen LogP contribution in [0.2, 0.25) is 0 Å². The molecular formula is C19H28FN3O2. The summed E-state index contributed by atoms with van der Waals surface area (Å²) in [5.41, 5.74) is 7.49. The van der Waals surface area contributed by atoms with Crippen molar-refractivity contribution >= 4 is 6.03 Å². The number of urea groups is 1. The Balaban J connectivity index is 1.51. The Morgan fingerprint density at radius 2 is 2.08 bits per heavy atom. The van der Waals surface area contributed by atoms with Crippen LogP contribution in [0.25, 0.3) is 0 Å². The molecule has 25 heavy (non-hydrogen) atoms. The fourth-order valence-electron chi connectivity index (χ4n) is 3.78. The van der Waals surface area contributed by atoms with Gasteiger partial charge in [0.15, 0.2) is 0 Å². The molecule has 3 N–H and O–H groups in total. The first-order valence-electron chi connectivity index (χ1n) is 9.14. The highest BCUT2D eigenvalue weighted by Crippen LogP contribution is 2.28. The highest BCUT2D eigenvalue weighted by atomic mass is 19.1. The van der Waals surface area contributed by atoms with Crippen molar-refractivity contribution in [3.63, 3.8) is 0 Å². The summed E-state index contributed by atoms with van der Waals surface area (Å²) in [4.78, 5) is 14.3. The molecule has 0 aliphatic carbocycles. The van der Waals surface area contributed by atoms with Crippen LogP contribution in [0.15, 0.2) is 18.2 Å². The fourth-order valence-corrected chi connectivity index (χ4v) is 3.78. The van der Waals surface area contributed by atoms with Gasteiger partial charge < -0.3 is 20.7 Å². The number of likely N-dealkylation sites (tertiary alicyclic amines) is 1. The zero-order valence-electron chi connectivity index (χ0n) is 15.0. The van der Waals surface area contributed by atoms with E-state index in [2.05, 4.69) is 5.32 Å². The lowest BCUT2D eigenvalue weighted by Gasteiger charge is -2.36. The normalized spacial score (nSPS) is 25.8. The fraction of sp³-hybridized carbons (Fsp3) is 0.632. The molecule has 6 heteroatoms. The number of amides is 2. The van der Waals surface area contributed by atoms with Crippen molar-refractivity contribution < 1.29 is 13.9 Å². The Labute approximate surface area is 148 Å². The van der Waals surface area contributed by atoms with Crippen molar-refractivity contribution in [1.82, 2.24) is 10.2 Å². The third kappa shape index (κ3) is 4.12. The number of piperidine rings is 1. The largest absolute Gasteiger partial charge is 0.376 e. The number of carbonyl (C=O) groups is 1. The average molecular weight is 349 g/mol. The first-order valence-corrected chi connectivity index (χ1v) is 9.14. The van der Waals surface area contributed by atoms with Gasteiger partial charge in [0, 0.05) is 25.7 Å². The molecule has 1 aromatic carbocycles. The van der Waals surface area contributed by atoms with Crippen LogP contribution in [0.3, 0.4) is 0 Å². The van der Waals surface area contributed by atoms with Crippen LogP contribution in [0.5, 0.6) is 0 Å². The van der Waals surface area contributed by atoms with E-state index < -0.39 is 0 Å². The van der Waals surface area contributed by atoms with Crippen molar-refractivity contribution in [3.8, 4) is 0 Å². The first kappa shape index (κ1) is 18.1.